The first-order valence-electron chi connectivity index (χ1n) is 5.79. The lowest BCUT2D eigenvalue weighted by molar-refractivity contribution is 0.0752. The zero-order chi connectivity index (χ0) is 13.3. The molecule has 18 heavy (non-hydrogen) atoms. The molecule has 1 saturated heterocycles. The van der Waals surface area contributed by atoms with E-state index in [0.29, 0.717) is 23.9 Å². The van der Waals surface area contributed by atoms with E-state index in [1.54, 1.807) is 6.07 Å². The van der Waals surface area contributed by atoms with Gasteiger partial charge in [0, 0.05) is 19.7 Å². The third-order valence-electron chi connectivity index (χ3n) is 2.84. The van der Waals surface area contributed by atoms with E-state index in [1.165, 1.54) is 15.6 Å². The van der Waals surface area contributed by atoms with Crippen LogP contribution in [-0.2, 0) is 14.8 Å². The minimum absolute atomic E-state index is 0.0493. The first-order valence-corrected chi connectivity index (χ1v) is 8.84. The molecule has 4 nitrogen and oxygen atoms in total. The van der Waals surface area contributed by atoms with E-state index in [-0.39, 0.29) is 6.10 Å². The van der Waals surface area contributed by atoms with Gasteiger partial charge in [0.05, 0.1) is 9.89 Å². The van der Waals surface area contributed by atoms with Crippen molar-refractivity contribution < 1.29 is 13.2 Å². The molecule has 1 aliphatic heterocycles. The smallest absolute Gasteiger partial charge is 0.252 e. The van der Waals surface area contributed by atoms with Gasteiger partial charge in [-0.3, -0.25) is 0 Å². The molecule has 102 valence electrons. The van der Waals surface area contributed by atoms with Crippen LogP contribution in [0.3, 0.4) is 0 Å². The largest absolute Gasteiger partial charge is 0.377 e. The monoisotopic (exact) mass is 353 g/mol. The van der Waals surface area contributed by atoms with Crippen molar-refractivity contribution in [2.45, 2.75) is 30.6 Å². The summed E-state index contributed by atoms with van der Waals surface area (Å²) in [6.07, 6.45) is 0.696. The Morgan fingerprint density at radius 1 is 1.56 bits per heavy atom. The minimum Gasteiger partial charge on any atom is -0.377 e. The van der Waals surface area contributed by atoms with Gasteiger partial charge in [-0.25, -0.2) is 8.42 Å². The molecular formula is C11H16BrNO3S2. The molecule has 1 fully saturated rings. The standard InChI is InChI=1S/C11H16BrNO3S2/c1-8-6-10(17-11(8)12)18(14,15)13-4-3-5-16-9(2)7-13/h6,9H,3-5,7H2,1-2H3. The average molecular weight is 354 g/mol. The normalized spacial score (nSPS) is 22.9. The quantitative estimate of drug-likeness (QED) is 0.820. The van der Waals surface area contributed by atoms with Gasteiger partial charge in [0.25, 0.3) is 10.0 Å². The van der Waals surface area contributed by atoms with Gasteiger partial charge in [0.2, 0.25) is 0 Å². The highest BCUT2D eigenvalue weighted by Gasteiger charge is 2.29. The average Bonchev–Trinajstić information content (AvgIpc) is 2.52. The van der Waals surface area contributed by atoms with Crippen LogP contribution in [0, 0.1) is 6.92 Å². The number of nitrogens with zero attached hydrogens (tertiary/aromatic N) is 1. The number of sulfonamides is 1. The summed E-state index contributed by atoms with van der Waals surface area (Å²) in [5.41, 5.74) is 0.956. The van der Waals surface area contributed by atoms with Gasteiger partial charge in [-0.1, -0.05) is 0 Å². The van der Waals surface area contributed by atoms with Crippen molar-refractivity contribution in [2.24, 2.45) is 0 Å². The third-order valence-corrected chi connectivity index (χ3v) is 7.29. The molecule has 0 saturated carbocycles. The fourth-order valence-corrected chi connectivity index (χ4v) is 5.80. The fourth-order valence-electron chi connectivity index (χ4n) is 1.86. The van der Waals surface area contributed by atoms with E-state index in [4.69, 9.17) is 4.74 Å². The second kappa shape index (κ2) is 5.58. The van der Waals surface area contributed by atoms with Crippen LogP contribution in [0.1, 0.15) is 18.9 Å². The molecule has 0 spiro atoms. The maximum absolute atomic E-state index is 12.5. The Kier molecular flexibility index (Phi) is 4.48. The van der Waals surface area contributed by atoms with Crippen molar-refractivity contribution in [1.29, 1.82) is 0 Å². The molecule has 1 aliphatic rings. The van der Waals surface area contributed by atoms with E-state index in [9.17, 15) is 8.42 Å². The van der Waals surface area contributed by atoms with Crippen LogP contribution in [-0.4, -0.2) is 38.5 Å². The predicted octanol–water partition coefficient (Wildman–Crippen LogP) is 2.62. The van der Waals surface area contributed by atoms with Crippen LogP contribution < -0.4 is 0 Å². The van der Waals surface area contributed by atoms with E-state index >= 15 is 0 Å². The third kappa shape index (κ3) is 2.96. The van der Waals surface area contributed by atoms with Gasteiger partial charge < -0.3 is 4.74 Å². The molecule has 0 aromatic carbocycles. The lowest BCUT2D eigenvalue weighted by atomic mass is 10.4. The Labute approximate surface area is 120 Å². The minimum atomic E-state index is -3.38. The number of halogens is 1. The fraction of sp³-hybridized carbons (Fsp3) is 0.636. The van der Waals surface area contributed by atoms with Gasteiger partial charge in [-0.05, 0) is 47.8 Å². The van der Waals surface area contributed by atoms with Crippen molar-refractivity contribution in [3.05, 3.63) is 15.4 Å². The summed E-state index contributed by atoms with van der Waals surface area (Å²) < 4.78 is 33.3. The maximum atomic E-state index is 12.5. The summed E-state index contributed by atoms with van der Waals surface area (Å²) in [4.78, 5) is 0. The van der Waals surface area contributed by atoms with Gasteiger partial charge >= 0.3 is 0 Å². The lowest BCUT2D eigenvalue weighted by Crippen LogP contribution is -2.35. The molecule has 1 aromatic heterocycles. The first kappa shape index (κ1) is 14.5. The SMILES string of the molecule is Cc1cc(S(=O)(=O)N2CCCOC(C)C2)sc1Br. The summed E-state index contributed by atoms with van der Waals surface area (Å²) >= 11 is 4.64. The molecule has 1 unspecified atom stereocenters. The molecule has 0 radical (unpaired) electrons. The highest BCUT2D eigenvalue weighted by molar-refractivity contribution is 9.11. The van der Waals surface area contributed by atoms with E-state index in [1.807, 2.05) is 13.8 Å². The summed E-state index contributed by atoms with van der Waals surface area (Å²) in [7, 11) is -3.38. The van der Waals surface area contributed by atoms with E-state index < -0.39 is 10.0 Å². The Bertz CT molecular complexity index is 507. The van der Waals surface area contributed by atoms with Crippen LogP contribution >= 0.6 is 27.3 Å². The highest BCUT2D eigenvalue weighted by Crippen LogP contribution is 2.32. The molecule has 2 rings (SSSR count). The second-order valence-electron chi connectivity index (χ2n) is 4.42. The van der Waals surface area contributed by atoms with Crippen LogP contribution in [0.5, 0.6) is 0 Å². The predicted molar refractivity (Wildman–Crippen MR) is 75.5 cm³/mol. The van der Waals surface area contributed by atoms with Crippen molar-refractivity contribution in [3.8, 4) is 0 Å². The number of hydrogen-bond donors (Lipinski definition) is 0. The molecule has 0 bridgehead atoms. The number of rotatable bonds is 2. The van der Waals surface area contributed by atoms with Gasteiger partial charge in [0.1, 0.15) is 4.21 Å². The Hall–Kier alpha value is 0.0500. The number of ether oxygens (including phenoxy) is 1. The second-order valence-corrected chi connectivity index (χ2v) is 8.96. The highest BCUT2D eigenvalue weighted by atomic mass is 79.9. The molecule has 1 aromatic rings. The van der Waals surface area contributed by atoms with Crippen LogP contribution in [0.4, 0.5) is 0 Å². The zero-order valence-corrected chi connectivity index (χ0v) is 13.6. The molecule has 2 heterocycles. The maximum Gasteiger partial charge on any atom is 0.252 e. The van der Waals surface area contributed by atoms with Crippen molar-refractivity contribution in [3.63, 3.8) is 0 Å². The molecule has 0 amide bonds. The molecule has 7 heteroatoms. The zero-order valence-electron chi connectivity index (χ0n) is 10.3. The van der Waals surface area contributed by atoms with Crippen molar-refractivity contribution in [1.82, 2.24) is 4.31 Å². The van der Waals surface area contributed by atoms with Crippen molar-refractivity contribution >= 4 is 37.3 Å². The van der Waals surface area contributed by atoms with Crippen LogP contribution in [0.15, 0.2) is 14.1 Å². The van der Waals surface area contributed by atoms with E-state index in [0.717, 1.165) is 15.8 Å². The number of thiophene rings is 1. The number of aryl methyl sites for hydroxylation is 1. The van der Waals surface area contributed by atoms with E-state index in [2.05, 4.69) is 15.9 Å². The van der Waals surface area contributed by atoms with Crippen LogP contribution in [0.2, 0.25) is 0 Å². The Morgan fingerprint density at radius 2 is 2.28 bits per heavy atom. The summed E-state index contributed by atoms with van der Waals surface area (Å²) in [6.45, 7) is 5.38. The van der Waals surface area contributed by atoms with Gasteiger partial charge in [0.15, 0.2) is 0 Å². The Balaban J connectivity index is 2.29. The summed E-state index contributed by atoms with van der Waals surface area (Å²) in [5, 5.41) is 0. The molecule has 0 N–H and O–H groups in total. The number of hydrogen-bond acceptors (Lipinski definition) is 4. The molecule has 0 aliphatic carbocycles. The first-order chi connectivity index (χ1) is 8.41. The van der Waals surface area contributed by atoms with Gasteiger partial charge in [-0.2, -0.15) is 4.31 Å². The lowest BCUT2D eigenvalue weighted by Gasteiger charge is -2.20. The molecule has 1 atom stereocenters. The Morgan fingerprint density at radius 3 is 2.89 bits per heavy atom. The summed E-state index contributed by atoms with van der Waals surface area (Å²) in [6, 6.07) is 1.72. The molecular weight excluding hydrogens is 338 g/mol. The summed E-state index contributed by atoms with van der Waals surface area (Å²) in [5.74, 6) is 0. The van der Waals surface area contributed by atoms with Crippen LogP contribution in [0.25, 0.3) is 0 Å². The topological polar surface area (TPSA) is 46.6 Å². The van der Waals surface area contributed by atoms with Crippen molar-refractivity contribution in [2.75, 3.05) is 19.7 Å². The van der Waals surface area contributed by atoms with Gasteiger partial charge in [-0.15, -0.1) is 11.3 Å².